The third-order valence-electron chi connectivity index (χ3n) is 11.5. The van der Waals surface area contributed by atoms with E-state index in [1.54, 1.807) is 18.0 Å². The number of nitrogens with one attached hydrogen (secondary N) is 2. The van der Waals surface area contributed by atoms with Crippen LogP contribution in [0.4, 0.5) is 13.2 Å². The Kier molecular flexibility index (Phi) is 17.2. The van der Waals surface area contributed by atoms with Crippen molar-refractivity contribution in [3.8, 4) is 11.3 Å². The topological polar surface area (TPSA) is 126 Å². The number of hydrogen-bond donors (Lipinski definition) is 2. The number of halogens is 3. The van der Waals surface area contributed by atoms with Crippen molar-refractivity contribution in [2.24, 2.45) is 11.8 Å². The second-order valence-electron chi connectivity index (χ2n) is 15.9. The van der Waals surface area contributed by atoms with E-state index in [-0.39, 0.29) is 59.6 Å². The van der Waals surface area contributed by atoms with E-state index in [1.807, 2.05) is 39.8 Å². The van der Waals surface area contributed by atoms with Gasteiger partial charge in [0.2, 0.25) is 11.8 Å². The summed E-state index contributed by atoms with van der Waals surface area (Å²) >= 11 is 1.55. The first-order valence-electron chi connectivity index (χ1n) is 21.3. The van der Waals surface area contributed by atoms with Crippen molar-refractivity contribution >= 4 is 35.4 Å². The molecule has 60 heavy (non-hydrogen) atoms. The summed E-state index contributed by atoms with van der Waals surface area (Å²) in [6.07, 6.45) is 10.6. The van der Waals surface area contributed by atoms with Crippen molar-refractivity contribution in [1.29, 1.82) is 0 Å². The monoisotopic (exact) mass is 850 g/mol. The molecule has 0 aliphatic carbocycles. The molecule has 2 fully saturated rings. The number of hydrogen-bond acceptors (Lipinski definition) is 8. The lowest BCUT2D eigenvalue weighted by molar-refractivity contribution is -0.137. The van der Waals surface area contributed by atoms with E-state index >= 15 is 8.78 Å². The van der Waals surface area contributed by atoms with Crippen LogP contribution in [0.3, 0.4) is 0 Å². The first kappa shape index (κ1) is 45.1. The summed E-state index contributed by atoms with van der Waals surface area (Å²) in [5.74, 6) is -0.796. The van der Waals surface area contributed by atoms with Crippen LogP contribution in [0, 0.1) is 23.5 Å². The van der Waals surface area contributed by atoms with Crippen LogP contribution in [0.15, 0.2) is 66.9 Å². The molecular weight excluding hydrogens is 794 g/mol. The molecule has 2 saturated heterocycles. The molecular formula is C45H57F3N6O5S. The predicted octanol–water partition coefficient (Wildman–Crippen LogP) is 6.63. The first-order valence-corrected chi connectivity index (χ1v) is 22.5. The van der Waals surface area contributed by atoms with Gasteiger partial charge in [-0.2, -0.15) is 11.8 Å². The number of ether oxygens (including phenoxy) is 1. The fourth-order valence-electron chi connectivity index (χ4n) is 8.16. The maximum absolute atomic E-state index is 15.3. The molecule has 2 aromatic carbocycles. The smallest absolute Gasteiger partial charge is 0.253 e. The minimum absolute atomic E-state index is 0.00461. The molecule has 0 spiro atoms. The van der Waals surface area contributed by atoms with Crippen LogP contribution in [0.2, 0.25) is 0 Å². The van der Waals surface area contributed by atoms with Gasteiger partial charge in [-0.15, -0.1) is 0 Å². The number of imide groups is 1. The Morgan fingerprint density at radius 1 is 0.950 bits per heavy atom. The van der Waals surface area contributed by atoms with Crippen molar-refractivity contribution in [2.45, 2.75) is 83.0 Å². The van der Waals surface area contributed by atoms with Crippen molar-refractivity contribution in [3.05, 3.63) is 89.9 Å². The zero-order valence-electron chi connectivity index (χ0n) is 34.2. The highest BCUT2D eigenvalue weighted by Gasteiger charge is 2.40. The Labute approximate surface area is 354 Å². The molecule has 1 aromatic heterocycles. The van der Waals surface area contributed by atoms with E-state index in [0.29, 0.717) is 77.3 Å². The van der Waals surface area contributed by atoms with E-state index in [1.165, 1.54) is 17.1 Å². The molecule has 0 saturated carbocycles. The molecule has 15 heteroatoms. The van der Waals surface area contributed by atoms with Crippen molar-refractivity contribution < 1.29 is 37.1 Å². The van der Waals surface area contributed by atoms with Crippen LogP contribution in [-0.4, -0.2) is 107 Å². The Morgan fingerprint density at radius 3 is 2.45 bits per heavy atom. The lowest BCUT2D eigenvalue weighted by Gasteiger charge is -2.40. The Bertz CT molecular complexity index is 1910. The molecule has 11 nitrogen and oxygen atoms in total. The number of carbonyl (C=O) groups excluding carboxylic acids is 4. The molecule has 3 aliphatic heterocycles. The minimum Gasteiger partial charge on any atom is -0.381 e. The normalized spacial score (nSPS) is 18.7. The van der Waals surface area contributed by atoms with Crippen LogP contribution in [-0.2, 0) is 30.5 Å². The Balaban J connectivity index is 1.05. The summed E-state index contributed by atoms with van der Waals surface area (Å²) in [6.45, 7) is 3.24. The highest BCUT2D eigenvalue weighted by atomic mass is 32.2. The number of benzene rings is 2. The van der Waals surface area contributed by atoms with Crippen LogP contribution < -0.4 is 10.6 Å². The zero-order chi connectivity index (χ0) is 42.3. The summed E-state index contributed by atoms with van der Waals surface area (Å²) in [5.41, 5.74) is 1.28. The van der Waals surface area contributed by atoms with Crippen LogP contribution >= 0.6 is 11.8 Å². The lowest BCUT2D eigenvalue weighted by Crippen LogP contribution is -2.46. The molecule has 6 rings (SSSR count). The van der Waals surface area contributed by atoms with Gasteiger partial charge in [0.05, 0.1) is 17.5 Å². The average Bonchev–Trinajstić information content (AvgIpc) is 3.95. The van der Waals surface area contributed by atoms with E-state index in [0.717, 1.165) is 61.6 Å². The first-order chi connectivity index (χ1) is 29.2. The second kappa shape index (κ2) is 22.9. The molecule has 3 aliphatic rings. The number of imidazole rings is 1. The van der Waals surface area contributed by atoms with Gasteiger partial charge in [-0.25, -0.2) is 18.2 Å². The summed E-state index contributed by atoms with van der Waals surface area (Å²) in [5, 5.41) is 6.11. The summed E-state index contributed by atoms with van der Waals surface area (Å²) in [4.78, 5) is 58.1. The minimum atomic E-state index is -1.11. The number of aromatic nitrogens is 2. The van der Waals surface area contributed by atoms with Gasteiger partial charge in [0.1, 0.15) is 23.6 Å². The summed E-state index contributed by atoms with van der Waals surface area (Å²) < 4.78 is 52.7. The van der Waals surface area contributed by atoms with Gasteiger partial charge in [-0.3, -0.25) is 24.1 Å². The maximum atomic E-state index is 15.3. The molecule has 324 valence electrons. The van der Waals surface area contributed by atoms with E-state index in [4.69, 9.17) is 9.72 Å². The molecule has 0 bridgehead atoms. The molecule has 0 radical (unpaired) electrons. The third kappa shape index (κ3) is 12.8. The number of unbranched alkanes of at least 4 members (excludes halogenated alkanes) is 5. The quantitative estimate of drug-likeness (QED) is 0.0806. The molecule has 3 aromatic rings. The van der Waals surface area contributed by atoms with Gasteiger partial charge >= 0.3 is 0 Å². The van der Waals surface area contributed by atoms with Gasteiger partial charge in [-0.05, 0) is 74.0 Å². The van der Waals surface area contributed by atoms with Crippen LogP contribution in [0.1, 0.15) is 81.6 Å². The molecule has 3 atom stereocenters. The third-order valence-corrected chi connectivity index (χ3v) is 12.5. The Morgan fingerprint density at radius 2 is 1.70 bits per heavy atom. The summed E-state index contributed by atoms with van der Waals surface area (Å²) in [7, 11) is 0. The molecule has 2 N–H and O–H groups in total. The van der Waals surface area contributed by atoms with Gasteiger partial charge in [0, 0.05) is 88.7 Å². The van der Waals surface area contributed by atoms with Gasteiger partial charge in [0.15, 0.2) is 0 Å². The van der Waals surface area contributed by atoms with E-state index in [9.17, 15) is 23.6 Å². The van der Waals surface area contributed by atoms with Crippen molar-refractivity contribution in [3.63, 3.8) is 0 Å². The molecule has 4 heterocycles. The Hall–Kier alpha value is -4.47. The molecule has 4 amide bonds. The van der Waals surface area contributed by atoms with Crippen LogP contribution in [0.25, 0.3) is 11.3 Å². The second-order valence-corrected chi connectivity index (χ2v) is 17.0. The molecule has 0 unspecified atom stereocenters. The maximum Gasteiger partial charge on any atom is 0.253 e. The lowest BCUT2D eigenvalue weighted by atomic mass is 9.88. The number of thioether (sulfide) groups is 1. The summed E-state index contributed by atoms with van der Waals surface area (Å²) in [6, 6.07) is 12.5. The fraction of sp³-hybridized carbons (Fsp3) is 0.533. The van der Waals surface area contributed by atoms with Crippen molar-refractivity contribution in [2.75, 3.05) is 57.4 Å². The fourth-order valence-corrected chi connectivity index (χ4v) is 9.05. The number of amides is 4. The van der Waals surface area contributed by atoms with Crippen molar-refractivity contribution in [1.82, 2.24) is 30.0 Å². The van der Waals surface area contributed by atoms with Gasteiger partial charge < -0.3 is 24.8 Å². The van der Waals surface area contributed by atoms with Gasteiger partial charge in [0.25, 0.3) is 11.8 Å². The number of rotatable bonds is 23. The van der Waals surface area contributed by atoms with Gasteiger partial charge in [-0.1, -0.05) is 49.6 Å². The van der Waals surface area contributed by atoms with E-state index in [2.05, 4.69) is 10.6 Å². The SMILES string of the molecule is O=C(CCCCCN1C(=O)C=CC1=O)NCCCCCCSCC(=O)N(C[C@@H]1CNC[C@@H]1F)[C@@H](c1nc(-c2cc(F)ccc2F)cn1Cc1ccccc1)C1CCOCC1. The average molecular weight is 851 g/mol. The highest BCUT2D eigenvalue weighted by Crippen LogP contribution is 2.38. The predicted molar refractivity (Wildman–Crippen MR) is 226 cm³/mol. The zero-order valence-corrected chi connectivity index (χ0v) is 35.0. The van der Waals surface area contributed by atoms with Crippen LogP contribution in [0.5, 0.6) is 0 Å². The largest absolute Gasteiger partial charge is 0.381 e. The highest BCUT2D eigenvalue weighted by molar-refractivity contribution is 7.99. The number of alkyl halides is 1. The standard InChI is InChI=1S/C45H57F3N6O5S/c46-35-14-15-37(47)36(25-35)39-30-52(28-32-11-5-3-6-12-32)45(51-39)44(33-18-22-59-23-19-33)54(29-34-26-49-27-38(34)48)43(58)31-60-24-10-2-1-8-20-50-40(55)13-7-4-9-21-53-41(56)16-17-42(53)57/h3,5-6,11-12,14-17,25,30,33-34,38,44,49H,1-2,4,7-10,13,18-24,26-29,31H2,(H,50,55)/t34-,38-,44+/m0/s1. The van der Waals surface area contributed by atoms with E-state index < -0.39 is 29.8 Å². The number of nitrogens with zero attached hydrogens (tertiary/aromatic N) is 4. The number of carbonyl (C=O) groups is 4.